The second kappa shape index (κ2) is 13.3. The van der Waals surface area contributed by atoms with Crippen LogP contribution in [0.15, 0.2) is 72.6 Å². The molecule has 1 radical (unpaired) electrons. The van der Waals surface area contributed by atoms with Gasteiger partial charge in [-0.2, -0.15) is 0 Å². The summed E-state index contributed by atoms with van der Waals surface area (Å²) in [4.78, 5) is 17.0. The summed E-state index contributed by atoms with van der Waals surface area (Å²) < 4.78 is 5.89. The van der Waals surface area contributed by atoms with Gasteiger partial charge < -0.3 is 5.11 Å². The molecule has 0 spiro atoms. The molecule has 3 aromatic carbocycles. The number of carbonyl (C=O) groups is 1. The van der Waals surface area contributed by atoms with Crippen molar-refractivity contribution in [2.24, 2.45) is 10.8 Å². The second-order valence-electron chi connectivity index (χ2n) is 11.4. The van der Waals surface area contributed by atoms with Gasteiger partial charge in [0, 0.05) is 37.0 Å². The molecule has 0 bridgehead atoms. The molecule has 1 N–H and O–H groups in total. The van der Waals surface area contributed by atoms with Gasteiger partial charge in [0.15, 0.2) is 5.78 Å². The van der Waals surface area contributed by atoms with E-state index in [1.165, 1.54) is 50.0 Å². The van der Waals surface area contributed by atoms with Crippen molar-refractivity contribution in [2.45, 2.75) is 67.2 Å². The molecule has 0 saturated heterocycles. The number of aliphatic hydroxyl groups is 1. The molecular weight excluding hydrogens is 829 g/mol. The summed E-state index contributed by atoms with van der Waals surface area (Å²) in [6.07, 6.45) is 6.73. The van der Waals surface area contributed by atoms with Gasteiger partial charge in [-0.3, -0.25) is 4.79 Å². The van der Waals surface area contributed by atoms with Crippen LogP contribution in [0.3, 0.4) is 0 Å². The number of carbonyl (C=O) groups excluding carboxylic acids is 1. The normalized spacial score (nSPS) is 12.6. The van der Waals surface area contributed by atoms with Crippen LogP contribution in [0.2, 0.25) is 0 Å². The fourth-order valence-electron chi connectivity index (χ4n) is 5.21. The summed E-state index contributed by atoms with van der Waals surface area (Å²) in [6, 6.07) is 23.6. The van der Waals surface area contributed by atoms with Crippen LogP contribution in [0.5, 0.6) is 0 Å². The monoisotopic (exact) mass is 869 g/mol. The third-order valence-electron chi connectivity index (χ3n) is 9.18. The zero-order valence-corrected chi connectivity index (χ0v) is 31.0. The summed E-state index contributed by atoms with van der Waals surface area (Å²) in [7, 11) is 0. The number of allylic oxidation sites excluding steroid dienone is 2. The summed E-state index contributed by atoms with van der Waals surface area (Å²) in [6.45, 7) is 12.1. The average molecular weight is 867 g/mol. The molecule has 3 aromatic heterocycles. The van der Waals surface area contributed by atoms with E-state index >= 15 is 0 Å². The first-order valence-electron chi connectivity index (χ1n) is 14.6. The molecule has 42 heavy (non-hydrogen) atoms. The fourth-order valence-corrected chi connectivity index (χ4v) is 10.3. The van der Waals surface area contributed by atoms with Crippen LogP contribution in [0.1, 0.15) is 67.2 Å². The molecule has 0 aliphatic heterocycles. The zero-order chi connectivity index (χ0) is 29.4. The van der Waals surface area contributed by atoms with Crippen LogP contribution in [0.25, 0.3) is 49.5 Å². The maximum absolute atomic E-state index is 12.2. The van der Waals surface area contributed by atoms with Gasteiger partial charge in [0.05, 0.1) is 0 Å². The molecule has 0 unspecified atom stereocenters. The SMILES string of the molecule is CCC(C)(CC)C(=O)/C=C(\O)C(C)(CC)CC.[Ir].[c-]1c2ccccc2cc2[se]c3cccc4[se]c5ccnc(c12)c5c34. The van der Waals surface area contributed by atoms with Crippen molar-refractivity contribution in [1.29, 1.82) is 0 Å². The predicted octanol–water partition coefficient (Wildman–Crippen LogP) is 9.41. The summed E-state index contributed by atoms with van der Waals surface area (Å²) in [5, 5.41) is 16.7. The van der Waals surface area contributed by atoms with Crippen LogP contribution in [-0.2, 0) is 24.9 Å². The third-order valence-corrected chi connectivity index (χ3v) is 13.8. The number of hydrogen-bond acceptors (Lipinski definition) is 3. The third kappa shape index (κ3) is 6.00. The second-order valence-corrected chi connectivity index (χ2v) is 15.9. The van der Waals surface area contributed by atoms with E-state index < -0.39 is 0 Å². The molecule has 6 rings (SSSR count). The van der Waals surface area contributed by atoms with E-state index in [9.17, 15) is 9.90 Å². The number of fused-ring (bicyclic) bond motifs is 3. The standard InChI is InChI=1S/C21H10NSe2.C15H28O2.Ir/c1-2-5-13-11-18-14(10-12(13)4-1)21-20-17(8-9-22-21)23-15-6-3-7-16(24-18)19(15)20;1-7-14(5,8-2)12(16)11-13(17)15(6,9-3)10-4;/h1-9,11H;11,16H,7-10H2,1-6H3;/q-1;;/b;12-11-;. The Labute approximate surface area is 274 Å². The summed E-state index contributed by atoms with van der Waals surface area (Å²) in [5.74, 6) is 0.286. The van der Waals surface area contributed by atoms with Gasteiger partial charge in [-0.15, -0.1) is 0 Å². The Balaban J connectivity index is 0.000000203. The van der Waals surface area contributed by atoms with Crippen molar-refractivity contribution < 1.29 is 30.0 Å². The van der Waals surface area contributed by atoms with E-state index in [1.54, 1.807) is 0 Å². The number of hydrogen-bond donors (Lipinski definition) is 1. The molecule has 0 fully saturated rings. The zero-order valence-electron chi connectivity index (χ0n) is 25.1. The van der Waals surface area contributed by atoms with E-state index in [1.807, 2.05) is 47.7 Å². The number of aromatic nitrogens is 1. The van der Waals surface area contributed by atoms with Crippen molar-refractivity contribution in [3.63, 3.8) is 0 Å². The first kappa shape index (κ1) is 32.9. The van der Waals surface area contributed by atoms with Crippen molar-refractivity contribution >= 4 is 84.3 Å². The van der Waals surface area contributed by atoms with E-state index in [0.717, 1.165) is 31.2 Å². The van der Waals surface area contributed by atoms with Gasteiger partial charge in [0.25, 0.3) is 0 Å². The van der Waals surface area contributed by atoms with E-state index in [-0.39, 0.29) is 42.5 Å². The number of pyridine rings is 1. The fraction of sp³-hybridized carbons (Fsp3) is 0.333. The number of aliphatic hydroxyl groups excluding tert-OH is 1. The molecule has 221 valence electrons. The van der Waals surface area contributed by atoms with E-state index in [4.69, 9.17) is 4.98 Å². The average Bonchev–Trinajstić information content (AvgIpc) is 3.33. The van der Waals surface area contributed by atoms with Gasteiger partial charge in [-0.25, -0.2) is 0 Å². The topological polar surface area (TPSA) is 50.2 Å². The Morgan fingerprint density at radius 3 is 2.07 bits per heavy atom. The number of ketones is 1. The van der Waals surface area contributed by atoms with Gasteiger partial charge >= 0.3 is 150 Å². The predicted molar refractivity (Wildman–Crippen MR) is 178 cm³/mol. The quantitative estimate of drug-likeness (QED) is 0.0754. The Kier molecular flexibility index (Phi) is 10.4. The summed E-state index contributed by atoms with van der Waals surface area (Å²) >= 11 is 0.697. The molecule has 3 heterocycles. The molecule has 0 saturated carbocycles. The van der Waals surface area contributed by atoms with Crippen molar-refractivity contribution in [3.8, 4) is 0 Å². The Morgan fingerprint density at radius 2 is 1.43 bits per heavy atom. The number of benzene rings is 3. The molecular formula is C36H38IrNO2Se2-. The summed E-state index contributed by atoms with van der Waals surface area (Å²) in [5.41, 5.74) is 0.537. The minimum absolute atomic E-state index is 0. The van der Waals surface area contributed by atoms with Crippen LogP contribution in [0.4, 0.5) is 0 Å². The van der Waals surface area contributed by atoms with Crippen LogP contribution in [0, 0.1) is 16.9 Å². The van der Waals surface area contributed by atoms with Crippen LogP contribution >= 0.6 is 0 Å². The first-order chi connectivity index (χ1) is 19.7. The van der Waals surface area contributed by atoms with Crippen LogP contribution in [-0.4, -0.2) is 44.9 Å². The first-order valence-corrected chi connectivity index (χ1v) is 18.0. The molecule has 6 aromatic rings. The Bertz CT molecular complexity index is 1910. The Morgan fingerprint density at radius 1 is 0.833 bits per heavy atom. The van der Waals surface area contributed by atoms with E-state index in [2.05, 4.69) is 60.7 Å². The van der Waals surface area contributed by atoms with Gasteiger partial charge in [0.1, 0.15) is 5.76 Å². The van der Waals surface area contributed by atoms with Gasteiger partial charge in [-0.05, 0) is 25.7 Å². The van der Waals surface area contributed by atoms with Crippen molar-refractivity contribution in [2.75, 3.05) is 0 Å². The molecule has 0 amide bonds. The Hall–Kier alpha value is -2.03. The molecule has 6 heteroatoms. The van der Waals surface area contributed by atoms with Gasteiger partial charge in [-0.1, -0.05) is 41.5 Å². The van der Waals surface area contributed by atoms with Crippen molar-refractivity contribution in [1.82, 2.24) is 4.98 Å². The van der Waals surface area contributed by atoms with E-state index in [0.29, 0.717) is 29.0 Å². The molecule has 0 aliphatic rings. The number of nitrogens with zero attached hydrogens (tertiary/aromatic N) is 1. The molecule has 3 nitrogen and oxygen atoms in total. The van der Waals surface area contributed by atoms with Crippen LogP contribution < -0.4 is 0 Å². The van der Waals surface area contributed by atoms with Gasteiger partial charge in [0.2, 0.25) is 0 Å². The minimum atomic E-state index is -0.337. The number of rotatable bonds is 7. The molecule has 0 atom stereocenters. The maximum atomic E-state index is 12.2. The molecule has 0 aliphatic carbocycles. The van der Waals surface area contributed by atoms with Crippen molar-refractivity contribution in [3.05, 3.63) is 78.7 Å².